The number of nitrogens with zero attached hydrogens (tertiary/aromatic N) is 2. The lowest BCUT2D eigenvalue weighted by Gasteiger charge is -2.32. The van der Waals surface area contributed by atoms with Gasteiger partial charge in [-0.2, -0.15) is 0 Å². The first-order chi connectivity index (χ1) is 9.66. The average molecular weight is 274 g/mol. The van der Waals surface area contributed by atoms with Crippen LogP contribution in [0.4, 0.5) is 16.2 Å². The number of hydrogen-bond acceptors (Lipinski definition) is 4. The molecule has 20 heavy (non-hydrogen) atoms. The van der Waals surface area contributed by atoms with Gasteiger partial charge in [-0.1, -0.05) is 6.07 Å². The number of anilines is 2. The highest BCUT2D eigenvalue weighted by Crippen LogP contribution is 2.30. The van der Waals surface area contributed by atoms with E-state index in [1.807, 2.05) is 12.1 Å². The van der Waals surface area contributed by atoms with Gasteiger partial charge in [-0.05, 0) is 30.5 Å². The molecular formula is C14H18N4O2. The zero-order valence-electron chi connectivity index (χ0n) is 11.3. The molecule has 0 radical (unpaired) electrons. The Hall–Kier alpha value is -2.24. The van der Waals surface area contributed by atoms with Crippen LogP contribution < -0.4 is 16.0 Å². The molecule has 6 nitrogen and oxygen atoms in total. The summed E-state index contributed by atoms with van der Waals surface area (Å²) in [5, 5.41) is 2.53. The quantitative estimate of drug-likeness (QED) is 0.624. The summed E-state index contributed by atoms with van der Waals surface area (Å²) in [4.78, 5) is 26.6. The smallest absolute Gasteiger partial charge is 0.324 e. The van der Waals surface area contributed by atoms with Gasteiger partial charge in [0.05, 0.1) is 6.54 Å². The molecule has 2 aliphatic heterocycles. The molecular weight excluding hydrogens is 256 g/mol. The van der Waals surface area contributed by atoms with Crippen molar-refractivity contribution >= 4 is 23.3 Å². The third-order valence-corrected chi connectivity index (χ3v) is 3.91. The summed E-state index contributed by atoms with van der Waals surface area (Å²) < 4.78 is 0. The second-order valence-electron chi connectivity index (χ2n) is 5.14. The first-order valence-electron chi connectivity index (χ1n) is 6.87. The van der Waals surface area contributed by atoms with Gasteiger partial charge in [-0.25, -0.2) is 4.79 Å². The molecule has 1 aromatic carbocycles. The molecule has 3 rings (SSSR count). The predicted octanol–water partition coefficient (Wildman–Crippen LogP) is 0.573. The molecule has 0 unspecified atom stereocenters. The van der Waals surface area contributed by atoms with Gasteiger partial charge in [0.25, 0.3) is 0 Å². The second kappa shape index (κ2) is 5.03. The fourth-order valence-electron chi connectivity index (χ4n) is 2.86. The number of benzene rings is 1. The zero-order valence-corrected chi connectivity index (χ0v) is 11.3. The van der Waals surface area contributed by atoms with Gasteiger partial charge in [-0.15, -0.1) is 0 Å². The summed E-state index contributed by atoms with van der Waals surface area (Å²) in [7, 11) is 0. The van der Waals surface area contributed by atoms with Gasteiger partial charge < -0.3 is 16.0 Å². The van der Waals surface area contributed by atoms with Gasteiger partial charge in [0.2, 0.25) is 5.91 Å². The first kappa shape index (κ1) is 12.8. The van der Waals surface area contributed by atoms with Crippen molar-refractivity contribution in [1.29, 1.82) is 0 Å². The van der Waals surface area contributed by atoms with Gasteiger partial charge in [0, 0.05) is 31.0 Å². The minimum atomic E-state index is -0.292. The molecule has 0 aliphatic carbocycles. The summed E-state index contributed by atoms with van der Waals surface area (Å²) in [6, 6.07) is 5.62. The van der Waals surface area contributed by atoms with Crippen LogP contribution in [0, 0.1) is 0 Å². The Morgan fingerprint density at radius 2 is 2.10 bits per heavy atom. The number of carbonyl (C=O) groups excluding carboxylic acids is 2. The number of fused-ring (bicyclic) bond motifs is 1. The van der Waals surface area contributed by atoms with E-state index in [0.29, 0.717) is 13.1 Å². The van der Waals surface area contributed by atoms with Crippen molar-refractivity contribution < 1.29 is 9.59 Å². The van der Waals surface area contributed by atoms with E-state index in [0.717, 1.165) is 30.8 Å². The Morgan fingerprint density at radius 1 is 1.25 bits per heavy atom. The second-order valence-corrected chi connectivity index (χ2v) is 5.14. The van der Waals surface area contributed by atoms with Crippen molar-refractivity contribution in [2.45, 2.75) is 12.8 Å². The summed E-state index contributed by atoms with van der Waals surface area (Å²) in [6.07, 6.45) is 2.03. The Balaban J connectivity index is 1.72. The highest BCUT2D eigenvalue weighted by atomic mass is 16.2. The van der Waals surface area contributed by atoms with Gasteiger partial charge >= 0.3 is 6.03 Å². The normalized spacial score (nSPS) is 18.2. The monoisotopic (exact) mass is 274 g/mol. The summed E-state index contributed by atoms with van der Waals surface area (Å²) in [5.74, 6) is -0.153. The van der Waals surface area contributed by atoms with E-state index in [9.17, 15) is 9.59 Å². The molecule has 0 spiro atoms. The summed E-state index contributed by atoms with van der Waals surface area (Å²) in [6.45, 7) is 2.11. The van der Waals surface area contributed by atoms with E-state index in [2.05, 4.69) is 16.3 Å². The molecule has 1 saturated heterocycles. The van der Waals surface area contributed by atoms with Crippen molar-refractivity contribution in [3.8, 4) is 0 Å². The molecule has 0 aromatic heterocycles. The number of nitrogens with two attached hydrogens (primary N) is 1. The predicted molar refractivity (Wildman–Crippen MR) is 76.5 cm³/mol. The van der Waals surface area contributed by atoms with Crippen LogP contribution in [-0.4, -0.2) is 43.0 Å². The van der Waals surface area contributed by atoms with Crippen molar-refractivity contribution in [3.63, 3.8) is 0 Å². The lowest BCUT2D eigenvalue weighted by Crippen LogP contribution is -2.40. The maximum Gasteiger partial charge on any atom is 0.324 e. The van der Waals surface area contributed by atoms with Crippen LogP contribution in [0.5, 0.6) is 0 Å². The van der Waals surface area contributed by atoms with Crippen LogP contribution in [-0.2, 0) is 11.2 Å². The van der Waals surface area contributed by atoms with E-state index in [4.69, 9.17) is 5.73 Å². The third kappa shape index (κ3) is 2.17. The SMILES string of the molecule is Nc1cccc2c1CCCN2CCN1C(=O)CNC1=O. The Morgan fingerprint density at radius 3 is 2.85 bits per heavy atom. The Kier molecular flexibility index (Phi) is 3.22. The van der Waals surface area contributed by atoms with Crippen molar-refractivity contribution in [1.82, 2.24) is 10.2 Å². The van der Waals surface area contributed by atoms with E-state index >= 15 is 0 Å². The minimum Gasteiger partial charge on any atom is -0.398 e. The molecule has 0 saturated carbocycles. The lowest BCUT2D eigenvalue weighted by molar-refractivity contribution is -0.124. The molecule has 3 amide bonds. The van der Waals surface area contributed by atoms with E-state index in [-0.39, 0.29) is 18.5 Å². The average Bonchev–Trinajstić information content (AvgIpc) is 2.76. The largest absolute Gasteiger partial charge is 0.398 e. The van der Waals surface area contributed by atoms with Crippen LogP contribution in [0.25, 0.3) is 0 Å². The van der Waals surface area contributed by atoms with E-state index < -0.39 is 0 Å². The maximum absolute atomic E-state index is 11.6. The molecule has 2 heterocycles. The molecule has 1 aromatic rings. The fourth-order valence-corrected chi connectivity index (χ4v) is 2.86. The standard InChI is InChI=1S/C14H18N4O2/c15-11-4-1-5-12-10(11)3-2-6-17(12)7-8-18-13(19)9-16-14(18)20/h1,4-5H,2-3,6-9,15H2,(H,16,20). The van der Waals surface area contributed by atoms with Gasteiger partial charge in [-0.3, -0.25) is 9.69 Å². The fraction of sp³-hybridized carbons (Fsp3) is 0.429. The minimum absolute atomic E-state index is 0.113. The van der Waals surface area contributed by atoms with Gasteiger partial charge in [0.1, 0.15) is 0 Å². The van der Waals surface area contributed by atoms with Crippen LogP contribution in [0.3, 0.4) is 0 Å². The third-order valence-electron chi connectivity index (χ3n) is 3.91. The van der Waals surface area contributed by atoms with Gasteiger partial charge in [0.15, 0.2) is 0 Å². The number of rotatable bonds is 3. The molecule has 1 fully saturated rings. The number of amides is 3. The highest BCUT2D eigenvalue weighted by Gasteiger charge is 2.29. The maximum atomic E-state index is 11.6. The molecule has 6 heteroatoms. The van der Waals surface area contributed by atoms with E-state index in [1.54, 1.807) is 0 Å². The number of imide groups is 1. The number of urea groups is 1. The van der Waals surface area contributed by atoms with Crippen molar-refractivity contribution in [2.75, 3.05) is 36.8 Å². The highest BCUT2D eigenvalue weighted by molar-refractivity contribution is 6.01. The molecule has 2 aliphatic rings. The number of hydrogen-bond donors (Lipinski definition) is 2. The number of nitrogen functional groups attached to an aromatic ring is 1. The molecule has 3 N–H and O–H groups in total. The topological polar surface area (TPSA) is 78.7 Å². The van der Waals surface area contributed by atoms with Crippen molar-refractivity contribution in [3.05, 3.63) is 23.8 Å². The molecule has 106 valence electrons. The van der Waals surface area contributed by atoms with Crippen LogP contribution >= 0.6 is 0 Å². The first-order valence-corrected chi connectivity index (χ1v) is 6.87. The Bertz CT molecular complexity index is 542. The lowest BCUT2D eigenvalue weighted by atomic mass is 10.00. The molecule has 0 atom stereocenters. The van der Waals surface area contributed by atoms with E-state index in [1.165, 1.54) is 10.5 Å². The number of nitrogens with one attached hydrogen (secondary N) is 1. The summed E-state index contributed by atoms with van der Waals surface area (Å²) in [5.41, 5.74) is 9.14. The van der Waals surface area contributed by atoms with Crippen LogP contribution in [0.15, 0.2) is 18.2 Å². The summed E-state index contributed by atoms with van der Waals surface area (Å²) >= 11 is 0. The van der Waals surface area contributed by atoms with Crippen LogP contribution in [0.2, 0.25) is 0 Å². The number of carbonyl (C=O) groups is 2. The van der Waals surface area contributed by atoms with Crippen LogP contribution in [0.1, 0.15) is 12.0 Å². The van der Waals surface area contributed by atoms with Crippen molar-refractivity contribution in [2.24, 2.45) is 0 Å². The zero-order chi connectivity index (χ0) is 14.1. The Labute approximate surface area is 117 Å². The molecule has 0 bridgehead atoms.